The van der Waals surface area contributed by atoms with Gasteiger partial charge in [0.2, 0.25) is 0 Å². The molecule has 0 fully saturated rings. The number of hydrogen-bond donors (Lipinski definition) is 2. The Morgan fingerprint density at radius 3 is 2.38 bits per heavy atom. The van der Waals surface area contributed by atoms with Crippen molar-refractivity contribution >= 4 is 23.0 Å². The highest BCUT2D eigenvalue weighted by atomic mass is 32.1. The fourth-order valence-corrected chi connectivity index (χ4v) is 2.58. The first kappa shape index (κ1) is 15.5. The standard InChI is InChI=1S/C18H22N2S/c1-3-9-17(15-11-5-4-6-12-15)20-18(21)19-16-13-8-7-10-14(16)2/h4-8,10-13,17H,3,9H2,1-2H3,(H2,19,20,21)/t17-/m0/s1. The van der Waals surface area contributed by atoms with Crippen LogP contribution >= 0.6 is 12.2 Å². The van der Waals surface area contributed by atoms with Gasteiger partial charge in [-0.3, -0.25) is 0 Å². The smallest absolute Gasteiger partial charge is 0.171 e. The van der Waals surface area contributed by atoms with Crippen molar-refractivity contribution in [3.63, 3.8) is 0 Å². The van der Waals surface area contributed by atoms with E-state index in [1.807, 2.05) is 24.3 Å². The quantitative estimate of drug-likeness (QED) is 0.774. The van der Waals surface area contributed by atoms with E-state index in [2.05, 4.69) is 54.8 Å². The number of hydrogen-bond acceptors (Lipinski definition) is 1. The van der Waals surface area contributed by atoms with Crippen LogP contribution < -0.4 is 10.6 Å². The molecule has 0 bridgehead atoms. The Hall–Kier alpha value is -1.87. The van der Waals surface area contributed by atoms with E-state index in [0.29, 0.717) is 5.11 Å². The van der Waals surface area contributed by atoms with Gasteiger partial charge in [0.15, 0.2) is 5.11 Å². The van der Waals surface area contributed by atoms with Crippen LogP contribution in [0.1, 0.15) is 36.9 Å². The molecule has 3 heteroatoms. The van der Waals surface area contributed by atoms with Gasteiger partial charge in [-0.05, 0) is 42.8 Å². The summed E-state index contributed by atoms with van der Waals surface area (Å²) >= 11 is 5.46. The fraction of sp³-hybridized carbons (Fsp3) is 0.278. The Morgan fingerprint density at radius 2 is 1.71 bits per heavy atom. The van der Waals surface area contributed by atoms with Gasteiger partial charge in [-0.15, -0.1) is 0 Å². The number of aryl methyl sites for hydroxylation is 1. The number of thiocarbonyl (C=S) groups is 1. The topological polar surface area (TPSA) is 24.1 Å². The van der Waals surface area contributed by atoms with Crippen LogP contribution in [0.2, 0.25) is 0 Å². The zero-order valence-corrected chi connectivity index (χ0v) is 13.4. The second kappa shape index (κ2) is 7.79. The average molecular weight is 298 g/mol. The molecule has 2 nitrogen and oxygen atoms in total. The maximum atomic E-state index is 5.46. The third kappa shape index (κ3) is 4.57. The maximum absolute atomic E-state index is 5.46. The average Bonchev–Trinajstić information content (AvgIpc) is 2.50. The fourth-order valence-electron chi connectivity index (χ4n) is 2.33. The molecule has 0 amide bonds. The normalized spacial score (nSPS) is 11.7. The molecule has 2 N–H and O–H groups in total. The first-order valence-electron chi connectivity index (χ1n) is 7.38. The molecule has 0 aliphatic rings. The largest absolute Gasteiger partial charge is 0.356 e. The van der Waals surface area contributed by atoms with Gasteiger partial charge < -0.3 is 10.6 Å². The molecular formula is C18H22N2S. The number of anilines is 1. The second-order valence-electron chi connectivity index (χ2n) is 5.17. The van der Waals surface area contributed by atoms with Crippen LogP contribution in [0, 0.1) is 6.92 Å². The van der Waals surface area contributed by atoms with Crippen molar-refractivity contribution in [1.29, 1.82) is 0 Å². The first-order valence-corrected chi connectivity index (χ1v) is 7.79. The third-order valence-corrected chi connectivity index (χ3v) is 3.70. The second-order valence-corrected chi connectivity index (χ2v) is 5.57. The lowest BCUT2D eigenvalue weighted by atomic mass is 10.0. The molecular weight excluding hydrogens is 276 g/mol. The van der Waals surface area contributed by atoms with Crippen LogP contribution in [0.25, 0.3) is 0 Å². The molecule has 2 aromatic carbocycles. The lowest BCUT2D eigenvalue weighted by molar-refractivity contribution is 0.584. The van der Waals surface area contributed by atoms with Gasteiger partial charge in [-0.25, -0.2) is 0 Å². The monoisotopic (exact) mass is 298 g/mol. The van der Waals surface area contributed by atoms with E-state index >= 15 is 0 Å². The lowest BCUT2D eigenvalue weighted by Gasteiger charge is -2.21. The SMILES string of the molecule is CCC[C@H](NC(=S)Nc1ccccc1C)c1ccccc1. The summed E-state index contributed by atoms with van der Waals surface area (Å²) in [5.74, 6) is 0. The molecule has 0 unspecified atom stereocenters. The predicted octanol–water partition coefficient (Wildman–Crippen LogP) is 4.82. The van der Waals surface area contributed by atoms with Crippen molar-refractivity contribution in [2.45, 2.75) is 32.7 Å². The van der Waals surface area contributed by atoms with Crippen molar-refractivity contribution in [3.05, 3.63) is 65.7 Å². The van der Waals surface area contributed by atoms with Crippen LogP contribution in [0.5, 0.6) is 0 Å². The van der Waals surface area contributed by atoms with E-state index in [1.165, 1.54) is 11.1 Å². The molecule has 0 saturated carbocycles. The zero-order valence-electron chi connectivity index (χ0n) is 12.6. The molecule has 1 atom stereocenters. The number of benzene rings is 2. The van der Waals surface area contributed by atoms with Gasteiger partial charge in [0.05, 0.1) is 6.04 Å². The van der Waals surface area contributed by atoms with Crippen molar-refractivity contribution < 1.29 is 0 Å². The Balaban J connectivity index is 2.04. The summed E-state index contributed by atoms with van der Waals surface area (Å²) in [7, 11) is 0. The summed E-state index contributed by atoms with van der Waals surface area (Å²) in [6.45, 7) is 4.26. The maximum Gasteiger partial charge on any atom is 0.171 e. The van der Waals surface area contributed by atoms with Gasteiger partial charge in [0.25, 0.3) is 0 Å². The van der Waals surface area contributed by atoms with E-state index in [0.717, 1.165) is 18.5 Å². The predicted molar refractivity (Wildman–Crippen MR) is 94.6 cm³/mol. The highest BCUT2D eigenvalue weighted by molar-refractivity contribution is 7.80. The Bertz CT molecular complexity index is 581. The van der Waals surface area contributed by atoms with E-state index in [-0.39, 0.29) is 6.04 Å². The molecule has 0 heterocycles. The van der Waals surface area contributed by atoms with E-state index in [1.54, 1.807) is 0 Å². The number of rotatable bonds is 5. The van der Waals surface area contributed by atoms with Gasteiger partial charge in [0, 0.05) is 5.69 Å². The first-order chi connectivity index (χ1) is 10.2. The lowest BCUT2D eigenvalue weighted by Crippen LogP contribution is -2.32. The zero-order chi connectivity index (χ0) is 15.1. The summed E-state index contributed by atoms with van der Waals surface area (Å²) in [5.41, 5.74) is 3.51. The summed E-state index contributed by atoms with van der Waals surface area (Å²) in [6, 6.07) is 18.9. The Kier molecular flexibility index (Phi) is 5.76. The third-order valence-electron chi connectivity index (χ3n) is 3.48. The van der Waals surface area contributed by atoms with Gasteiger partial charge >= 0.3 is 0 Å². The van der Waals surface area contributed by atoms with Crippen molar-refractivity contribution in [2.75, 3.05) is 5.32 Å². The molecule has 0 spiro atoms. The van der Waals surface area contributed by atoms with Crippen LogP contribution in [-0.4, -0.2) is 5.11 Å². The minimum atomic E-state index is 0.250. The molecule has 21 heavy (non-hydrogen) atoms. The van der Waals surface area contributed by atoms with Gasteiger partial charge in [-0.2, -0.15) is 0 Å². The van der Waals surface area contributed by atoms with Crippen molar-refractivity contribution in [2.24, 2.45) is 0 Å². The van der Waals surface area contributed by atoms with Crippen molar-refractivity contribution in [1.82, 2.24) is 5.32 Å². The van der Waals surface area contributed by atoms with Crippen LogP contribution in [0.3, 0.4) is 0 Å². The summed E-state index contributed by atoms with van der Waals surface area (Å²) in [4.78, 5) is 0. The van der Waals surface area contributed by atoms with Gasteiger partial charge in [0.1, 0.15) is 0 Å². The molecule has 0 radical (unpaired) electrons. The number of para-hydroxylation sites is 1. The minimum Gasteiger partial charge on any atom is -0.356 e. The van der Waals surface area contributed by atoms with E-state index in [9.17, 15) is 0 Å². The number of nitrogens with one attached hydrogen (secondary N) is 2. The molecule has 0 aromatic heterocycles. The van der Waals surface area contributed by atoms with Crippen LogP contribution in [0.15, 0.2) is 54.6 Å². The van der Waals surface area contributed by atoms with E-state index in [4.69, 9.17) is 12.2 Å². The molecule has 0 saturated heterocycles. The molecule has 110 valence electrons. The Morgan fingerprint density at radius 1 is 1.05 bits per heavy atom. The molecule has 0 aliphatic carbocycles. The summed E-state index contributed by atoms with van der Waals surface area (Å²) in [5, 5.41) is 7.39. The molecule has 2 aromatic rings. The van der Waals surface area contributed by atoms with Crippen LogP contribution in [-0.2, 0) is 0 Å². The van der Waals surface area contributed by atoms with Gasteiger partial charge in [-0.1, -0.05) is 61.9 Å². The minimum absolute atomic E-state index is 0.250. The summed E-state index contributed by atoms with van der Waals surface area (Å²) < 4.78 is 0. The summed E-state index contributed by atoms with van der Waals surface area (Å²) in [6.07, 6.45) is 2.17. The molecule has 2 rings (SSSR count). The van der Waals surface area contributed by atoms with Crippen molar-refractivity contribution in [3.8, 4) is 0 Å². The van der Waals surface area contributed by atoms with Crippen LogP contribution in [0.4, 0.5) is 5.69 Å². The van der Waals surface area contributed by atoms with E-state index < -0.39 is 0 Å². The Labute approximate surface area is 132 Å². The highest BCUT2D eigenvalue weighted by Gasteiger charge is 2.11. The highest BCUT2D eigenvalue weighted by Crippen LogP contribution is 2.19. The molecule has 0 aliphatic heterocycles.